The molecular formula is C14H20Cl2FN3O. The lowest BCUT2D eigenvalue weighted by atomic mass is 10.0. The van der Waals surface area contributed by atoms with Crippen molar-refractivity contribution in [1.29, 1.82) is 5.26 Å². The van der Waals surface area contributed by atoms with Crippen molar-refractivity contribution in [3.8, 4) is 11.8 Å². The van der Waals surface area contributed by atoms with Crippen LogP contribution in [0.1, 0.15) is 18.0 Å². The highest BCUT2D eigenvalue weighted by Gasteiger charge is 2.24. The van der Waals surface area contributed by atoms with Gasteiger partial charge in [-0.3, -0.25) is 4.90 Å². The van der Waals surface area contributed by atoms with E-state index in [4.69, 9.17) is 10.00 Å². The van der Waals surface area contributed by atoms with Crippen LogP contribution in [0, 0.1) is 17.1 Å². The van der Waals surface area contributed by atoms with Crippen LogP contribution in [0.2, 0.25) is 0 Å². The third kappa shape index (κ3) is 5.01. The van der Waals surface area contributed by atoms with Crippen molar-refractivity contribution in [3.05, 3.63) is 29.6 Å². The van der Waals surface area contributed by atoms with Crippen molar-refractivity contribution in [2.75, 3.05) is 33.3 Å². The van der Waals surface area contributed by atoms with Gasteiger partial charge in [-0.05, 0) is 18.2 Å². The normalized spacial score (nSPS) is 16.0. The number of nitrogens with zero attached hydrogens (tertiary/aromatic N) is 2. The summed E-state index contributed by atoms with van der Waals surface area (Å²) in [5, 5.41) is 12.3. The van der Waals surface area contributed by atoms with E-state index in [1.165, 1.54) is 6.07 Å². The van der Waals surface area contributed by atoms with Gasteiger partial charge in [-0.15, -0.1) is 24.8 Å². The van der Waals surface area contributed by atoms with Crippen molar-refractivity contribution in [1.82, 2.24) is 10.2 Å². The lowest BCUT2D eigenvalue weighted by Crippen LogP contribution is -2.45. The molecule has 0 amide bonds. The molecular weight excluding hydrogens is 316 g/mol. The van der Waals surface area contributed by atoms with E-state index in [1.54, 1.807) is 19.2 Å². The second-order valence-corrected chi connectivity index (χ2v) is 4.55. The van der Waals surface area contributed by atoms with E-state index < -0.39 is 0 Å². The van der Waals surface area contributed by atoms with E-state index in [-0.39, 0.29) is 43.1 Å². The monoisotopic (exact) mass is 335 g/mol. The van der Waals surface area contributed by atoms with Gasteiger partial charge in [0.05, 0.1) is 25.6 Å². The lowest BCUT2D eigenvalue weighted by Gasteiger charge is -2.34. The van der Waals surface area contributed by atoms with Crippen LogP contribution in [-0.2, 0) is 0 Å². The van der Waals surface area contributed by atoms with Gasteiger partial charge in [0.2, 0.25) is 0 Å². The maximum atomic E-state index is 14.0. The predicted octanol–water partition coefficient (Wildman–Crippen LogP) is 2.54. The number of hydrogen-bond donors (Lipinski definition) is 1. The molecule has 0 aromatic heterocycles. The molecule has 21 heavy (non-hydrogen) atoms. The van der Waals surface area contributed by atoms with Crippen LogP contribution in [0.5, 0.6) is 5.75 Å². The zero-order valence-electron chi connectivity index (χ0n) is 11.8. The molecule has 0 unspecified atom stereocenters. The fourth-order valence-electron chi connectivity index (χ4n) is 2.42. The Morgan fingerprint density at radius 2 is 2.05 bits per heavy atom. The predicted molar refractivity (Wildman–Crippen MR) is 84.9 cm³/mol. The van der Waals surface area contributed by atoms with Crippen molar-refractivity contribution < 1.29 is 9.13 Å². The van der Waals surface area contributed by atoms with E-state index in [0.717, 1.165) is 26.2 Å². The molecule has 1 N–H and O–H groups in total. The molecule has 1 aliphatic rings. The van der Waals surface area contributed by atoms with Crippen LogP contribution >= 0.6 is 24.8 Å². The molecule has 1 aromatic carbocycles. The molecule has 1 fully saturated rings. The molecule has 7 heteroatoms. The van der Waals surface area contributed by atoms with Crippen LogP contribution in [0.4, 0.5) is 4.39 Å². The molecule has 1 saturated heterocycles. The summed E-state index contributed by atoms with van der Waals surface area (Å²) in [5.41, 5.74) is 0.544. The summed E-state index contributed by atoms with van der Waals surface area (Å²) in [6.07, 6.45) is 0.282. The fraction of sp³-hybridized carbons (Fsp3) is 0.500. The van der Waals surface area contributed by atoms with Gasteiger partial charge in [0.15, 0.2) is 0 Å². The summed E-state index contributed by atoms with van der Waals surface area (Å²) in [4.78, 5) is 2.15. The number of rotatable bonds is 4. The van der Waals surface area contributed by atoms with E-state index in [0.29, 0.717) is 11.3 Å². The molecule has 1 atom stereocenters. The van der Waals surface area contributed by atoms with E-state index in [9.17, 15) is 4.39 Å². The molecule has 0 saturated carbocycles. The van der Waals surface area contributed by atoms with Crippen LogP contribution in [0.3, 0.4) is 0 Å². The van der Waals surface area contributed by atoms with Crippen molar-refractivity contribution >= 4 is 24.8 Å². The number of hydrogen-bond acceptors (Lipinski definition) is 4. The van der Waals surface area contributed by atoms with Crippen LogP contribution < -0.4 is 10.1 Å². The zero-order valence-corrected chi connectivity index (χ0v) is 13.5. The van der Waals surface area contributed by atoms with Gasteiger partial charge in [-0.25, -0.2) is 4.39 Å². The molecule has 118 valence electrons. The quantitative estimate of drug-likeness (QED) is 0.918. The largest absolute Gasteiger partial charge is 0.497 e. The first kappa shape index (κ1) is 19.9. The molecule has 1 heterocycles. The molecule has 0 spiro atoms. The number of nitriles is 1. The first-order valence-corrected chi connectivity index (χ1v) is 6.41. The number of halogens is 3. The zero-order chi connectivity index (χ0) is 13.7. The Morgan fingerprint density at radius 1 is 1.38 bits per heavy atom. The van der Waals surface area contributed by atoms with Crippen LogP contribution in [0.15, 0.2) is 18.2 Å². The summed E-state index contributed by atoms with van der Waals surface area (Å²) in [6.45, 7) is 3.38. The molecule has 1 aliphatic heterocycles. The topological polar surface area (TPSA) is 48.3 Å². The minimum absolute atomic E-state index is 0. The molecule has 1 aromatic rings. The number of ether oxygens (including phenoxy) is 1. The smallest absolute Gasteiger partial charge is 0.128 e. The summed E-state index contributed by atoms with van der Waals surface area (Å²) in [5.74, 6) is 0.342. The number of benzene rings is 1. The summed E-state index contributed by atoms with van der Waals surface area (Å²) in [6, 6.07) is 6.65. The fourth-order valence-corrected chi connectivity index (χ4v) is 2.42. The minimum Gasteiger partial charge on any atom is -0.497 e. The average molecular weight is 336 g/mol. The van der Waals surface area contributed by atoms with Gasteiger partial charge in [-0.2, -0.15) is 5.26 Å². The Kier molecular flexibility index (Phi) is 9.31. The van der Waals surface area contributed by atoms with Gasteiger partial charge in [0, 0.05) is 31.7 Å². The third-order valence-corrected chi connectivity index (χ3v) is 3.44. The summed E-state index contributed by atoms with van der Waals surface area (Å²) in [7, 11) is 1.56. The first-order valence-electron chi connectivity index (χ1n) is 6.41. The lowest BCUT2D eigenvalue weighted by molar-refractivity contribution is 0.172. The van der Waals surface area contributed by atoms with Gasteiger partial charge in [0.1, 0.15) is 11.6 Å². The Hall–Kier alpha value is -1.06. The van der Waals surface area contributed by atoms with Crippen molar-refractivity contribution in [3.63, 3.8) is 0 Å². The Balaban J connectivity index is 0.00000200. The maximum Gasteiger partial charge on any atom is 0.128 e. The summed E-state index contributed by atoms with van der Waals surface area (Å²) < 4.78 is 19.2. The van der Waals surface area contributed by atoms with Gasteiger partial charge >= 0.3 is 0 Å². The number of methoxy groups -OCH3 is 1. The van der Waals surface area contributed by atoms with Gasteiger partial charge < -0.3 is 10.1 Å². The highest BCUT2D eigenvalue weighted by Crippen LogP contribution is 2.29. The molecule has 0 aliphatic carbocycles. The molecule has 0 radical (unpaired) electrons. The minimum atomic E-state index is -0.278. The molecule has 4 nitrogen and oxygen atoms in total. The Morgan fingerprint density at radius 3 is 2.62 bits per heavy atom. The van der Waals surface area contributed by atoms with E-state index in [1.807, 2.05) is 0 Å². The standard InChI is InChI=1S/C14H18FN3O.2ClH/c1-19-11-2-3-13(15)12(10-11)14(4-5-16)18-8-6-17-7-9-18;;/h2-3,10,14,17H,4,6-9H2,1H3;2*1H/t14-;;/m1../s1. The Labute approximate surface area is 137 Å². The third-order valence-electron chi connectivity index (χ3n) is 3.44. The Bertz CT molecular complexity index is 476. The number of piperazine rings is 1. The number of nitrogens with one attached hydrogen (secondary N) is 1. The second kappa shape index (κ2) is 9.80. The molecule has 2 rings (SSSR count). The van der Waals surface area contributed by atoms with Crippen LogP contribution in [-0.4, -0.2) is 38.2 Å². The van der Waals surface area contributed by atoms with Crippen LogP contribution in [0.25, 0.3) is 0 Å². The average Bonchev–Trinajstić information content (AvgIpc) is 2.47. The highest BCUT2D eigenvalue weighted by atomic mass is 35.5. The summed E-state index contributed by atoms with van der Waals surface area (Å²) >= 11 is 0. The van der Waals surface area contributed by atoms with Crippen molar-refractivity contribution in [2.45, 2.75) is 12.5 Å². The first-order chi connectivity index (χ1) is 9.26. The SMILES string of the molecule is COc1ccc(F)c([C@@H](CC#N)N2CCNCC2)c1.Cl.Cl. The van der Waals surface area contributed by atoms with E-state index in [2.05, 4.69) is 16.3 Å². The second-order valence-electron chi connectivity index (χ2n) is 4.55. The highest BCUT2D eigenvalue weighted by molar-refractivity contribution is 5.85. The van der Waals surface area contributed by atoms with Gasteiger partial charge in [-0.1, -0.05) is 0 Å². The maximum absolute atomic E-state index is 14.0. The van der Waals surface area contributed by atoms with Crippen molar-refractivity contribution in [2.24, 2.45) is 0 Å². The van der Waals surface area contributed by atoms with Gasteiger partial charge in [0.25, 0.3) is 0 Å². The molecule has 0 bridgehead atoms. The van der Waals surface area contributed by atoms with E-state index >= 15 is 0 Å².